The van der Waals surface area contributed by atoms with Crippen molar-refractivity contribution in [1.29, 1.82) is 0 Å². The van der Waals surface area contributed by atoms with E-state index in [4.69, 9.17) is 9.47 Å². The van der Waals surface area contributed by atoms with Crippen molar-refractivity contribution in [3.05, 3.63) is 29.8 Å². The molecule has 0 unspecified atom stereocenters. The Kier molecular flexibility index (Phi) is 9.04. The predicted molar refractivity (Wildman–Crippen MR) is 84.5 cm³/mol. The van der Waals surface area contributed by atoms with Gasteiger partial charge in [-0.3, -0.25) is 4.90 Å². The lowest BCUT2D eigenvalue weighted by atomic mass is 10.2. The van der Waals surface area contributed by atoms with Crippen molar-refractivity contribution in [3.63, 3.8) is 0 Å². The molecule has 4 nitrogen and oxygen atoms in total. The average Bonchev–Trinajstić information content (AvgIpc) is 2.46. The molecule has 0 radical (unpaired) electrons. The van der Waals surface area contributed by atoms with Crippen molar-refractivity contribution < 1.29 is 9.47 Å². The van der Waals surface area contributed by atoms with Gasteiger partial charge in [-0.1, -0.05) is 18.2 Å². The first-order chi connectivity index (χ1) is 9.77. The molecule has 1 aromatic rings. The molecule has 0 saturated heterocycles. The van der Waals surface area contributed by atoms with Gasteiger partial charge in [-0.25, -0.2) is 0 Å². The van der Waals surface area contributed by atoms with Crippen LogP contribution in [0.15, 0.2) is 24.3 Å². The van der Waals surface area contributed by atoms with E-state index >= 15 is 0 Å². The molecule has 20 heavy (non-hydrogen) atoms. The van der Waals surface area contributed by atoms with Gasteiger partial charge in [-0.05, 0) is 25.0 Å². The first-order valence-electron chi connectivity index (χ1n) is 7.27. The van der Waals surface area contributed by atoms with Crippen LogP contribution < -0.4 is 5.32 Å². The molecule has 0 atom stereocenters. The lowest BCUT2D eigenvalue weighted by Gasteiger charge is -2.22. The second kappa shape index (κ2) is 10.7. The van der Waals surface area contributed by atoms with Crippen molar-refractivity contribution in [2.24, 2.45) is 0 Å². The Morgan fingerprint density at radius 1 is 1.00 bits per heavy atom. The lowest BCUT2D eigenvalue weighted by Crippen LogP contribution is -2.33. The molecule has 114 valence electrons. The Bertz CT molecular complexity index is 358. The van der Waals surface area contributed by atoms with Gasteiger partial charge in [-0.2, -0.15) is 0 Å². The van der Waals surface area contributed by atoms with Gasteiger partial charge >= 0.3 is 0 Å². The fourth-order valence-electron chi connectivity index (χ4n) is 2.11. The maximum Gasteiger partial charge on any atom is 0.0589 e. The van der Waals surface area contributed by atoms with E-state index in [2.05, 4.69) is 41.4 Å². The maximum atomic E-state index is 5.17. The summed E-state index contributed by atoms with van der Waals surface area (Å²) in [5.74, 6) is 0. The smallest absolute Gasteiger partial charge is 0.0589 e. The van der Waals surface area contributed by atoms with Crippen LogP contribution in [0, 0.1) is 6.92 Å². The van der Waals surface area contributed by atoms with Crippen LogP contribution >= 0.6 is 0 Å². The zero-order chi connectivity index (χ0) is 14.6. The van der Waals surface area contributed by atoms with Gasteiger partial charge in [0.2, 0.25) is 0 Å². The summed E-state index contributed by atoms with van der Waals surface area (Å²) in [5.41, 5.74) is 2.51. The fraction of sp³-hybridized carbons (Fsp3) is 0.625. The Labute approximate surface area is 123 Å². The third kappa shape index (κ3) is 6.89. The van der Waals surface area contributed by atoms with Crippen LogP contribution in [0.25, 0.3) is 0 Å². The first kappa shape index (κ1) is 17.0. The van der Waals surface area contributed by atoms with E-state index in [1.165, 1.54) is 11.3 Å². The van der Waals surface area contributed by atoms with E-state index in [9.17, 15) is 0 Å². The fourth-order valence-corrected chi connectivity index (χ4v) is 2.11. The number of rotatable bonds is 11. The standard InChI is InChI=1S/C16H28N2O2/c1-15-7-4-5-8-16(15)17-9-11-18(12-14-20-3)10-6-13-19-2/h4-5,7-8,17H,6,9-14H2,1-3H3. The van der Waals surface area contributed by atoms with Crippen molar-refractivity contribution in [3.8, 4) is 0 Å². The summed E-state index contributed by atoms with van der Waals surface area (Å²) >= 11 is 0. The van der Waals surface area contributed by atoms with E-state index in [0.29, 0.717) is 0 Å². The molecule has 0 aromatic heterocycles. The monoisotopic (exact) mass is 280 g/mol. The minimum atomic E-state index is 0.775. The summed E-state index contributed by atoms with van der Waals surface area (Å²) in [4.78, 5) is 2.41. The summed E-state index contributed by atoms with van der Waals surface area (Å²) in [6, 6.07) is 8.39. The molecule has 0 bridgehead atoms. The molecule has 1 aromatic carbocycles. The Morgan fingerprint density at radius 3 is 2.45 bits per heavy atom. The van der Waals surface area contributed by atoms with Crippen LogP contribution in [0.4, 0.5) is 5.69 Å². The van der Waals surface area contributed by atoms with Crippen LogP contribution in [0.5, 0.6) is 0 Å². The molecule has 0 saturated carbocycles. The molecular weight excluding hydrogens is 252 g/mol. The number of hydrogen-bond donors (Lipinski definition) is 1. The maximum absolute atomic E-state index is 5.17. The summed E-state index contributed by atoms with van der Waals surface area (Å²) in [7, 11) is 3.50. The van der Waals surface area contributed by atoms with E-state index in [0.717, 1.165) is 45.8 Å². The summed E-state index contributed by atoms with van der Waals surface area (Å²) in [6.45, 7) is 7.70. The van der Waals surface area contributed by atoms with Crippen LogP contribution in [0.3, 0.4) is 0 Å². The third-order valence-electron chi connectivity index (χ3n) is 3.32. The molecule has 0 spiro atoms. The number of hydrogen-bond acceptors (Lipinski definition) is 4. The SMILES string of the molecule is COCCCN(CCNc1ccccc1C)CCOC. The molecule has 0 heterocycles. The van der Waals surface area contributed by atoms with Crippen LogP contribution in [0.2, 0.25) is 0 Å². The Hall–Kier alpha value is -1.10. The van der Waals surface area contributed by atoms with Gasteiger partial charge in [0.15, 0.2) is 0 Å². The predicted octanol–water partition coefficient (Wildman–Crippen LogP) is 2.39. The molecule has 0 amide bonds. The zero-order valence-electron chi connectivity index (χ0n) is 13.0. The second-order valence-electron chi connectivity index (χ2n) is 4.92. The normalized spacial score (nSPS) is 11.0. The Morgan fingerprint density at radius 2 is 1.75 bits per heavy atom. The lowest BCUT2D eigenvalue weighted by molar-refractivity contribution is 0.135. The van der Waals surface area contributed by atoms with Gasteiger partial charge in [0.05, 0.1) is 6.61 Å². The topological polar surface area (TPSA) is 33.7 Å². The molecule has 0 aliphatic carbocycles. The highest BCUT2D eigenvalue weighted by Gasteiger charge is 2.04. The highest BCUT2D eigenvalue weighted by molar-refractivity contribution is 5.50. The highest BCUT2D eigenvalue weighted by Crippen LogP contribution is 2.12. The van der Waals surface area contributed by atoms with Gasteiger partial charge in [-0.15, -0.1) is 0 Å². The number of nitrogens with one attached hydrogen (secondary N) is 1. The van der Waals surface area contributed by atoms with Crippen molar-refractivity contribution in [1.82, 2.24) is 4.90 Å². The number of anilines is 1. The minimum Gasteiger partial charge on any atom is -0.385 e. The van der Waals surface area contributed by atoms with Crippen LogP contribution in [-0.2, 0) is 9.47 Å². The molecular formula is C16H28N2O2. The van der Waals surface area contributed by atoms with Crippen LogP contribution in [0.1, 0.15) is 12.0 Å². The van der Waals surface area contributed by atoms with E-state index in [1.54, 1.807) is 14.2 Å². The van der Waals surface area contributed by atoms with Crippen LogP contribution in [-0.4, -0.2) is 58.5 Å². The molecule has 0 fully saturated rings. The quantitative estimate of drug-likeness (QED) is 0.631. The molecule has 4 heteroatoms. The van der Waals surface area contributed by atoms with E-state index in [-0.39, 0.29) is 0 Å². The Balaban J connectivity index is 2.31. The second-order valence-corrected chi connectivity index (χ2v) is 4.92. The van der Waals surface area contributed by atoms with Crippen molar-refractivity contribution >= 4 is 5.69 Å². The van der Waals surface area contributed by atoms with Crippen molar-refractivity contribution in [2.75, 3.05) is 58.9 Å². The largest absolute Gasteiger partial charge is 0.385 e. The number of nitrogens with zero attached hydrogens (tertiary/aromatic N) is 1. The zero-order valence-corrected chi connectivity index (χ0v) is 13.0. The molecule has 1 N–H and O–H groups in total. The summed E-state index contributed by atoms with van der Waals surface area (Å²) in [5, 5.41) is 3.50. The molecule has 0 aliphatic heterocycles. The number of aryl methyl sites for hydroxylation is 1. The summed E-state index contributed by atoms with van der Waals surface area (Å²) < 4.78 is 10.3. The summed E-state index contributed by atoms with van der Waals surface area (Å²) in [6.07, 6.45) is 1.06. The third-order valence-corrected chi connectivity index (χ3v) is 3.32. The van der Waals surface area contributed by atoms with Gasteiger partial charge in [0.1, 0.15) is 0 Å². The average molecular weight is 280 g/mol. The minimum absolute atomic E-state index is 0.775. The molecule has 0 aliphatic rings. The number of para-hydroxylation sites is 1. The highest BCUT2D eigenvalue weighted by atomic mass is 16.5. The van der Waals surface area contributed by atoms with Crippen molar-refractivity contribution in [2.45, 2.75) is 13.3 Å². The van der Waals surface area contributed by atoms with Gasteiger partial charge in [0, 0.05) is 52.7 Å². The van der Waals surface area contributed by atoms with E-state index in [1.807, 2.05) is 0 Å². The first-order valence-corrected chi connectivity index (χ1v) is 7.27. The van der Waals surface area contributed by atoms with Gasteiger partial charge < -0.3 is 14.8 Å². The number of ether oxygens (including phenoxy) is 2. The molecule has 1 rings (SSSR count). The van der Waals surface area contributed by atoms with E-state index < -0.39 is 0 Å². The number of benzene rings is 1. The number of methoxy groups -OCH3 is 2. The van der Waals surface area contributed by atoms with Gasteiger partial charge in [0.25, 0.3) is 0 Å².